The SMILES string of the molecule is CCc1cc2c(NCCc3ccc4c(c3)OCO4)nc(Cl)nc2s1. The predicted molar refractivity (Wildman–Crippen MR) is 96.6 cm³/mol. The van der Waals surface area contributed by atoms with Gasteiger partial charge in [-0.05, 0) is 48.2 Å². The predicted octanol–water partition coefficient (Wildman–Crippen LogP) is 4.29. The number of nitrogens with zero attached hydrogens (tertiary/aromatic N) is 2. The van der Waals surface area contributed by atoms with Crippen molar-refractivity contribution >= 4 is 39.0 Å². The van der Waals surface area contributed by atoms with Gasteiger partial charge in [-0.3, -0.25) is 0 Å². The molecule has 124 valence electrons. The van der Waals surface area contributed by atoms with Gasteiger partial charge in [-0.25, -0.2) is 9.97 Å². The maximum Gasteiger partial charge on any atom is 0.231 e. The minimum absolute atomic E-state index is 0.276. The lowest BCUT2D eigenvalue weighted by Gasteiger charge is -2.07. The second-order valence-corrected chi connectivity index (χ2v) is 6.94. The smallest absolute Gasteiger partial charge is 0.231 e. The molecule has 0 spiro atoms. The summed E-state index contributed by atoms with van der Waals surface area (Å²) in [6, 6.07) is 8.16. The Morgan fingerprint density at radius 1 is 1.21 bits per heavy atom. The zero-order chi connectivity index (χ0) is 16.5. The molecule has 5 nitrogen and oxygen atoms in total. The molecule has 0 unspecified atom stereocenters. The Kier molecular flexibility index (Phi) is 4.16. The third kappa shape index (κ3) is 2.99. The molecule has 2 aromatic heterocycles. The summed E-state index contributed by atoms with van der Waals surface area (Å²) in [7, 11) is 0. The van der Waals surface area contributed by atoms with Crippen LogP contribution >= 0.6 is 22.9 Å². The molecular formula is C17H16ClN3O2S. The van der Waals surface area contributed by atoms with Crippen LogP contribution in [-0.4, -0.2) is 23.3 Å². The van der Waals surface area contributed by atoms with E-state index in [1.165, 1.54) is 10.4 Å². The van der Waals surface area contributed by atoms with Gasteiger partial charge in [0.15, 0.2) is 11.5 Å². The number of ether oxygens (including phenoxy) is 2. The molecule has 0 amide bonds. The van der Waals surface area contributed by atoms with E-state index < -0.39 is 0 Å². The van der Waals surface area contributed by atoms with Crippen LogP contribution in [0.4, 0.5) is 5.82 Å². The summed E-state index contributed by atoms with van der Waals surface area (Å²) in [5.41, 5.74) is 1.18. The quantitative estimate of drug-likeness (QED) is 0.687. The molecule has 0 radical (unpaired) electrons. The fourth-order valence-electron chi connectivity index (χ4n) is 2.68. The number of hydrogen-bond donors (Lipinski definition) is 1. The van der Waals surface area contributed by atoms with Crippen LogP contribution in [0.2, 0.25) is 5.28 Å². The number of nitrogens with one attached hydrogen (secondary N) is 1. The molecular weight excluding hydrogens is 346 g/mol. The van der Waals surface area contributed by atoms with Crippen molar-refractivity contribution in [3.63, 3.8) is 0 Å². The number of aryl methyl sites for hydroxylation is 1. The van der Waals surface area contributed by atoms with E-state index in [0.29, 0.717) is 6.79 Å². The van der Waals surface area contributed by atoms with Gasteiger partial charge in [0.05, 0.1) is 5.39 Å². The standard InChI is InChI=1S/C17H16ClN3O2S/c1-2-11-8-12-15(20-17(18)21-16(12)24-11)19-6-5-10-3-4-13-14(7-10)23-9-22-13/h3-4,7-8H,2,5-6,9H2,1H3,(H,19,20,21). The first-order valence-corrected chi connectivity index (χ1v) is 9.00. The molecule has 1 N–H and O–H groups in total. The first-order chi connectivity index (χ1) is 11.7. The largest absolute Gasteiger partial charge is 0.454 e. The molecule has 7 heteroatoms. The fourth-order valence-corrected chi connectivity index (χ4v) is 3.86. The molecule has 0 saturated heterocycles. The highest BCUT2D eigenvalue weighted by atomic mass is 35.5. The molecule has 0 fully saturated rings. The van der Waals surface area contributed by atoms with Crippen LogP contribution in [-0.2, 0) is 12.8 Å². The molecule has 4 rings (SSSR count). The summed E-state index contributed by atoms with van der Waals surface area (Å²) in [6.45, 7) is 3.18. The molecule has 0 saturated carbocycles. The first-order valence-electron chi connectivity index (χ1n) is 7.81. The van der Waals surface area contributed by atoms with Gasteiger partial charge in [0.2, 0.25) is 12.1 Å². The van der Waals surface area contributed by atoms with Gasteiger partial charge in [-0.2, -0.15) is 0 Å². The Morgan fingerprint density at radius 2 is 2.08 bits per heavy atom. The fraction of sp³-hybridized carbons (Fsp3) is 0.294. The third-order valence-electron chi connectivity index (χ3n) is 3.91. The van der Waals surface area contributed by atoms with Crippen molar-refractivity contribution in [2.75, 3.05) is 18.7 Å². The van der Waals surface area contributed by atoms with Gasteiger partial charge in [0, 0.05) is 11.4 Å². The van der Waals surface area contributed by atoms with E-state index in [9.17, 15) is 0 Å². The second-order valence-electron chi connectivity index (χ2n) is 5.49. The lowest BCUT2D eigenvalue weighted by Crippen LogP contribution is -2.07. The van der Waals surface area contributed by atoms with Crippen LogP contribution in [0.1, 0.15) is 17.4 Å². The molecule has 1 aromatic carbocycles. The van der Waals surface area contributed by atoms with Gasteiger partial charge >= 0.3 is 0 Å². The van der Waals surface area contributed by atoms with Crippen LogP contribution in [0.5, 0.6) is 11.5 Å². The van der Waals surface area contributed by atoms with Crippen LogP contribution < -0.4 is 14.8 Å². The van der Waals surface area contributed by atoms with E-state index >= 15 is 0 Å². The highest BCUT2D eigenvalue weighted by molar-refractivity contribution is 7.18. The normalized spacial score (nSPS) is 12.8. The monoisotopic (exact) mass is 361 g/mol. The average Bonchev–Trinajstić information content (AvgIpc) is 3.20. The Labute approximate surface area is 148 Å². The Balaban J connectivity index is 1.49. The van der Waals surface area contributed by atoms with Crippen molar-refractivity contribution in [1.29, 1.82) is 0 Å². The van der Waals surface area contributed by atoms with E-state index in [-0.39, 0.29) is 5.28 Å². The number of anilines is 1. The molecule has 1 aliphatic rings. The molecule has 0 bridgehead atoms. The van der Waals surface area contributed by atoms with Crippen molar-refractivity contribution in [3.8, 4) is 11.5 Å². The number of aromatic nitrogens is 2. The lowest BCUT2D eigenvalue weighted by molar-refractivity contribution is 0.174. The third-order valence-corrected chi connectivity index (χ3v) is 5.25. The van der Waals surface area contributed by atoms with Gasteiger partial charge in [0.1, 0.15) is 10.6 Å². The summed E-state index contributed by atoms with van der Waals surface area (Å²) in [5.74, 6) is 2.41. The molecule has 24 heavy (non-hydrogen) atoms. The molecule has 0 aliphatic carbocycles. The maximum atomic E-state index is 6.05. The lowest BCUT2D eigenvalue weighted by atomic mass is 10.1. The highest BCUT2D eigenvalue weighted by Crippen LogP contribution is 2.33. The first kappa shape index (κ1) is 15.5. The molecule has 0 atom stereocenters. The van der Waals surface area contributed by atoms with Gasteiger partial charge < -0.3 is 14.8 Å². The summed E-state index contributed by atoms with van der Waals surface area (Å²) in [6.07, 6.45) is 1.83. The highest BCUT2D eigenvalue weighted by Gasteiger charge is 2.13. The number of halogens is 1. The number of rotatable bonds is 5. The topological polar surface area (TPSA) is 56.3 Å². The Bertz CT molecular complexity index is 897. The summed E-state index contributed by atoms with van der Waals surface area (Å²) in [4.78, 5) is 10.9. The van der Waals surface area contributed by atoms with E-state index in [4.69, 9.17) is 21.1 Å². The minimum Gasteiger partial charge on any atom is -0.454 e. The average molecular weight is 362 g/mol. The van der Waals surface area contributed by atoms with Gasteiger partial charge in [0.25, 0.3) is 0 Å². The van der Waals surface area contributed by atoms with E-state index in [2.05, 4.69) is 34.3 Å². The van der Waals surface area contributed by atoms with E-state index in [0.717, 1.165) is 46.9 Å². The number of thiophene rings is 1. The number of fused-ring (bicyclic) bond motifs is 2. The van der Waals surface area contributed by atoms with Crippen LogP contribution in [0.15, 0.2) is 24.3 Å². The summed E-state index contributed by atoms with van der Waals surface area (Å²) in [5, 5.41) is 4.69. The van der Waals surface area contributed by atoms with Crippen molar-refractivity contribution in [1.82, 2.24) is 9.97 Å². The number of hydrogen-bond acceptors (Lipinski definition) is 6. The van der Waals surface area contributed by atoms with Crippen LogP contribution in [0.25, 0.3) is 10.2 Å². The maximum absolute atomic E-state index is 6.05. The molecule has 3 heterocycles. The van der Waals surface area contributed by atoms with Gasteiger partial charge in [-0.15, -0.1) is 11.3 Å². The minimum atomic E-state index is 0.276. The van der Waals surface area contributed by atoms with Crippen LogP contribution in [0.3, 0.4) is 0 Å². The second kappa shape index (κ2) is 6.45. The van der Waals surface area contributed by atoms with Crippen molar-refractivity contribution in [3.05, 3.63) is 40.0 Å². The van der Waals surface area contributed by atoms with Gasteiger partial charge in [-0.1, -0.05) is 13.0 Å². The Hall–Kier alpha value is -2.05. The molecule has 1 aliphatic heterocycles. The van der Waals surface area contributed by atoms with Crippen molar-refractivity contribution in [2.24, 2.45) is 0 Å². The number of benzene rings is 1. The van der Waals surface area contributed by atoms with Crippen molar-refractivity contribution < 1.29 is 9.47 Å². The zero-order valence-corrected chi connectivity index (χ0v) is 14.7. The zero-order valence-electron chi connectivity index (χ0n) is 13.1. The summed E-state index contributed by atoms with van der Waals surface area (Å²) < 4.78 is 10.7. The van der Waals surface area contributed by atoms with E-state index in [1.807, 2.05) is 12.1 Å². The Morgan fingerprint density at radius 3 is 2.96 bits per heavy atom. The van der Waals surface area contributed by atoms with Crippen LogP contribution in [0, 0.1) is 0 Å². The summed E-state index contributed by atoms with van der Waals surface area (Å²) >= 11 is 7.71. The van der Waals surface area contributed by atoms with E-state index in [1.54, 1.807) is 11.3 Å². The van der Waals surface area contributed by atoms with Crippen molar-refractivity contribution in [2.45, 2.75) is 19.8 Å². The molecule has 3 aromatic rings.